The maximum absolute atomic E-state index is 2.99. The largest absolute Gasteiger partial charge is 0.0944 e. The average Bonchev–Trinajstić information content (AvgIpc) is 2.03. The van der Waals surface area contributed by atoms with Crippen LogP contribution in [0.25, 0.3) is 0 Å². The highest BCUT2D eigenvalue weighted by atomic mass is 13.7. The molecule has 0 nitrogen and oxygen atoms in total. The molecule has 0 saturated heterocycles. The van der Waals surface area contributed by atoms with Crippen LogP contribution in [-0.4, -0.2) is 0 Å². The van der Waals surface area contributed by atoms with Gasteiger partial charge in [0.2, 0.25) is 0 Å². The molecule has 0 aliphatic heterocycles. The van der Waals surface area contributed by atoms with E-state index in [1.807, 2.05) is 50.3 Å². The van der Waals surface area contributed by atoms with Gasteiger partial charge in [-0.1, -0.05) is 42.2 Å². The van der Waals surface area contributed by atoms with Crippen LogP contribution in [0.15, 0.2) is 36.5 Å². The summed E-state index contributed by atoms with van der Waals surface area (Å²) in [6.07, 6.45) is 12.6. The maximum Gasteiger partial charge on any atom is 0.0273 e. The molecule has 0 spiro atoms. The van der Waals surface area contributed by atoms with E-state index in [1.54, 1.807) is 0 Å². The van der Waals surface area contributed by atoms with Crippen molar-refractivity contribution in [1.82, 2.24) is 0 Å². The fourth-order valence-corrected chi connectivity index (χ4v) is 0.509. The molecule has 0 saturated carbocycles. The van der Waals surface area contributed by atoms with E-state index in [4.69, 9.17) is 0 Å². The van der Waals surface area contributed by atoms with Gasteiger partial charge in [0, 0.05) is 6.42 Å². The normalized spacial score (nSPS) is 11.1. The molecule has 0 aromatic rings. The first-order valence-corrected chi connectivity index (χ1v) is 3.79. The zero-order valence-electron chi connectivity index (χ0n) is 7.17. The summed E-state index contributed by atoms with van der Waals surface area (Å²) in [6.45, 7) is 3.98. The van der Waals surface area contributed by atoms with E-state index in [-0.39, 0.29) is 0 Å². The summed E-state index contributed by atoms with van der Waals surface area (Å²) in [5.74, 6) is 5.91. The lowest BCUT2D eigenvalue weighted by Gasteiger charge is -1.71. The predicted molar refractivity (Wildman–Crippen MR) is 51.2 cm³/mol. The molecule has 0 aliphatic carbocycles. The highest BCUT2D eigenvalue weighted by Crippen LogP contribution is 1.79. The van der Waals surface area contributed by atoms with Gasteiger partial charge in [0.1, 0.15) is 0 Å². The fourth-order valence-electron chi connectivity index (χ4n) is 0.509. The Bertz CT molecular complexity index is 206. The van der Waals surface area contributed by atoms with Crippen molar-refractivity contribution in [2.45, 2.75) is 20.3 Å². The molecular formula is C11H14. The second-order valence-electron chi connectivity index (χ2n) is 1.98. The van der Waals surface area contributed by atoms with E-state index in [0.29, 0.717) is 0 Å². The van der Waals surface area contributed by atoms with Crippen LogP contribution in [0.1, 0.15) is 20.3 Å². The molecule has 0 N–H and O–H groups in total. The van der Waals surface area contributed by atoms with Crippen LogP contribution in [0.3, 0.4) is 0 Å². The third kappa shape index (κ3) is 8.78. The average molecular weight is 146 g/mol. The van der Waals surface area contributed by atoms with Crippen molar-refractivity contribution in [1.29, 1.82) is 0 Å². The van der Waals surface area contributed by atoms with Crippen molar-refractivity contribution >= 4 is 0 Å². The summed E-state index contributed by atoms with van der Waals surface area (Å²) in [6, 6.07) is 0. The summed E-state index contributed by atoms with van der Waals surface area (Å²) in [7, 11) is 0. The van der Waals surface area contributed by atoms with Gasteiger partial charge in [-0.2, -0.15) is 0 Å². The van der Waals surface area contributed by atoms with Crippen LogP contribution in [0.2, 0.25) is 0 Å². The van der Waals surface area contributed by atoms with Gasteiger partial charge in [0.05, 0.1) is 0 Å². The van der Waals surface area contributed by atoms with E-state index < -0.39 is 0 Å². The van der Waals surface area contributed by atoms with E-state index in [0.717, 1.165) is 6.42 Å². The van der Waals surface area contributed by atoms with Crippen molar-refractivity contribution in [3.8, 4) is 11.8 Å². The van der Waals surface area contributed by atoms with Crippen molar-refractivity contribution in [2.24, 2.45) is 0 Å². The Labute approximate surface area is 69.3 Å². The minimum absolute atomic E-state index is 0.844. The Morgan fingerprint density at radius 1 is 1.09 bits per heavy atom. The number of hydrogen-bond donors (Lipinski definition) is 0. The molecule has 58 valence electrons. The minimum atomic E-state index is 0.844. The molecule has 0 aromatic heterocycles. The van der Waals surface area contributed by atoms with Crippen LogP contribution < -0.4 is 0 Å². The Morgan fingerprint density at radius 2 is 1.91 bits per heavy atom. The molecule has 11 heavy (non-hydrogen) atoms. The monoisotopic (exact) mass is 146 g/mol. The van der Waals surface area contributed by atoms with E-state index >= 15 is 0 Å². The molecule has 0 rings (SSSR count). The summed E-state index contributed by atoms with van der Waals surface area (Å²) in [4.78, 5) is 0. The molecule has 0 heterocycles. The molecule has 0 aliphatic rings. The van der Waals surface area contributed by atoms with Crippen LogP contribution >= 0.6 is 0 Å². The minimum Gasteiger partial charge on any atom is -0.0944 e. The van der Waals surface area contributed by atoms with Crippen LogP contribution in [0, 0.1) is 11.8 Å². The highest BCUT2D eigenvalue weighted by molar-refractivity contribution is 5.20. The van der Waals surface area contributed by atoms with Crippen LogP contribution in [0.4, 0.5) is 0 Å². The lowest BCUT2D eigenvalue weighted by Crippen LogP contribution is -1.56. The van der Waals surface area contributed by atoms with Crippen molar-refractivity contribution in [3.63, 3.8) is 0 Å². The summed E-state index contributed by atoms with van der Waals surface area (Å²) in [5.41, 5.74) is 0. The third-order valence-corrected chi connectivity index (χ3v) is 1.04. The summed E-state index contributed by atoms with van der Waals surface area (Å²) in [5, 5.41) is 0. The fraction of sp³-hybridized carbons (Fsp3) is 0.273. The molecule has 0 amide bonds. The molecule has 0 heteroatoms. The maximum atomic E-state index is 2.99. The molecule has 0 fully saturated rings. The molecule has 0 radical (unpaired) electrons. The van der Waals surface area contributed by atoms with E-state index in [9.17, 15) is 0 Å². The first-order chi connectivity index (χ1) is 5.41. The summed E-state index contributed by atoms with van der Waals surface area (Å²) < 4.78 is 0. The SMILES string of the molecule is C/C=C\CC#C/C=C/C=C/C. The quantitative estimate of drug-likeness (QED) is 0.319. The zero-order valence-corrected chi connectivity index (χ0v) is 7.17. The van der Waals surface area contributed by atoms with Crippen molar-refractivity contribution in [2.75, 3.05) is 0 Å². The number of rotatable bonds is 2. The Balaban J connectivity index is 3.55. The van der Waals surface area contributed by atoms with Gasteiger partial charge < -0.3 is 0 Å². The Hall–Kier alpha value is -1.22. The van der Waals surface area contributed by atoms with Gasteiger partial charge in [0.25, 0.3) is 0 Å². The smallest absolute Gasteiger partial charge is 0.0273 e. The zero-order chi connectivity index (χ0) is 8.36. The lowest BCUT2D eigenvalue weighted by molar-refractivity contribution is 1.45. The first kappa shape index (κ1) is 9.78. The second-order valence-corrected chi connectivity index (χ2v) is 1.98. The Kier molecular flexibility index (Phi) is 7.81. The van der Waals surface area contributed by atoms with Gasteiger partial charge in [-0.05, 0) is 19.9 Å². The molecule has 0 unspecified atom stereocenters. The van der Waals surface area contributed by atoms with E-state index in [1.165, 1.54) is 0 Å². The molecule has 0 atom stereocenters. The lowest BCUT2D eigenvalue weighted by atomic mass is 10.3. The van der Waals surface area contributed by atoms with Gasteiger partial charge in [-0.15, -0.1) is 0 Å². The molecule has 0 bridgehead atoms. The topological polar surface area (TPSA) is 0 Å². The second kappa shape index (κ2) is 8.78. The molecular weight excluding hydrogens is 132 g/mol. The first-order valence-electron chi connectivity index (χ1n) is 3.79. The van der Waals surface area contributed by atoms with Crippen LogP contribution in [0.5, 0.6) is 0 Å². The van der Waals surface area contributed by atoms with Gasteiger partial charge in [-0.3, -0.25) is 0 Å². The summed E-state index contributed by atoms with van der Waals surface area (Å²) >= 11 is 0. The number of allylic oxidation sites excluding steroid dienone is 6. The Morgan fingerprint density at radius 3 is 2.55 bits per heavy atom. The van der Waals surface area contributed by atoms with Gasteiger partial charge in [0.15, 0.2) is 0 Å². The standard InChI is InChI=1S/C11H14/c1-3-5-7-9-11-10-8-6-4-2/h3-7,9H,8H2,1-2H3/b5-3+,6-4-,9-7+. The van der Waals surface area contributed by atoms with Crippen molar-refractivity contribution < 1.29 is 0 Å². The van der Waals surface area contributed by atoms with Gasteiger partial charge in [-0.25, -0.2) is 0 Å². The molecule has 0 aromatic carbocycles. The van der Waals surface area contributed by atoms with Crippen LogP contribution in [-0.2, 0) is 0 Å². The predicted octanol–water partition coefficient (Wildman–Crippen LogP) is 3.09. The van der Waals surface area contributed by atoms with E-state index in [2.05, 4.69) is 11.8 Å². The highest BCUT2D eigenvalue weighted by Gasteiger charge is 1.63. The third-order valence-electron chi connectivity index (χ3n) is 1.04. The number of hydrogen-bond acceptors (Lipinski definition) is 0. The van der Waals surface area contributed by atoms with Gasteiger partial charge >= 0.3 is 0 Å². The van der Waals surface area contributed by atoms with Crippen molar-refractivity contribution in [3.05, 3.63) is 36.5 Å².